The zero-order valence-electron chi connectivity index (χ0n) is 8.00. The van der Waals surface area contributed by atoms with Crippen molar-refractivity contribution in [2.24, 2.45) is 7.05 Å². The lowest BCUT2D eigenvalue weighted by atomic mass is 10.3. The lowest BCUT2D eigenvalue weighted by Crippen LogP contribution is -1.91. The maximum atomic E-state index is 8.87. The van der Waals surface area contributed by atoms with Crippen molar-refractivity contribution in [1.82, 2.24) is 8.97 Å². The van der Waals surface area contributed by atoms with Crippen molar-refractivity contribution in [2.75, 3.05) is 0 Å². The summed E-state index contributed by atoms with van der Waals surface area (Å²) in [5, 5.41) is 8.87. The van der Waals surface area contributed by atoms with E-state index in [1.165, 1.54) is 11.4 Å². The van der Waals surface area contributed by atoms with Crippen molar-refractivity contribution < 1.29 is 0 Å². The fourth-order valence-corrected chi connectivity index (χ4v) is 1.70. The molecule has 0 fully saturated rings. The fraction of sp³-hybridized carbons (Fsp3) is 0.300. The highest BCUT2D eigenvalue weighted by Crippen LogP contribution is 2.18. The van der Waals surface area contributed by atoms with Crippen LogP contribution in [0.3, 0.4) is 0 Å². The molecular formula is C10H11N3. The summed E-state index contributed by atoms with van der Waals surface area (Å²) < 4.78 is 4.10. The first kappa shape index (κ1) is 7.93. The third-order valence-corrected chi connectivity index (χ3v) is 2.69. The van der Waals surface area contributed by atoms with Gasteiger partial charge in [-0.2, -0.15) is 5.26 Å². The van der Waals surface area contributed by atoms with Gasteiger partial charge in [-0.3, -0.25) is 0 Å². The highest BCUT2D eigenvalue weighted by Gasteiger charge is 2.11. The van der Waals surface area contributed by atoms with Gasteiger partial charge in [0.25, 0.3) is 0 Å². The molecular weight excluding hydrogens is 162 g/mol. The maximum absolute atomic E-state index is 8.87. The topological polar surface area (TPSA) is 33.1 Å². The van der Waals surface area contributed by atoms with E-state index in [1.807, 2.05) is 28.3 Å². The molecule has 0 aliphatic carbocycles. The smallest absolute Gasteiger partial charge is 0.135 e. The van der Waals surface area contributed by atoms with Crippen molar-refractivity contribution in [1.29, 1.82) is 5.26 Å². The van der Waals surface area contributed by atoms with Gasteiger partial charge in [0, 0.05) is 24.6 Å². The average molecular weight is 173 g/mol. The molecule has 2 rings (SSSR count). The number of nitriles is 1. The van der Waals surface area contributed by atoms with Gasteiger partial charge in [0.15, 0.2) is 0 Å². The minimum Gasteiger partial charge on any atom is -0.332 e. The molecule has 0 spiro atoms. The number of rotatable bonds is 0. The molecule has 2 aromatic heterocycles. The molecule has 0 aromatic carbocycles. The van der Waals surface area contributed by atoms with E-state index in [9.17, 15) is 0 Å². The van der Waals surface area contributed by atoms with Crippen molar-refractivity contribution in [2.45, 2.75) is 13.8 Å². The molecule has 3 heteroatoms. The van der Waals surface area contributed by atoms with Crippen LogP contribution in [0.4, 0.5) is 0 Å². The van der Waals surface area contributed by atoms with Crippen molar-refractivity contribution in [3.8, 4) is 6.07 Å². The first-order valence-corrected chi connectivity index (χ1v) is 4.20. The van der Waals surface area contributed by atoms with E-state index in [0.717, 1.165) is 11.2 Å². The van der Waals surface area contributed by atoms with Crippen LogP contribution >= 0.6 is 0 Å². The monoisotopic (exact) mass is 173 g/mol. The van der Waals surface area contributed by atoms with E-state index in [4.69, 9.17) is 5.26 Å². The average Bonchev–Trinajstić information content (AvgIpc) is 2.64. The molecule has 0 amide bonds. The largest absolute Gasteiger partial charge is 0.332 e. The Morgan fingerprint density at radius 3 is 2.62 bits per heavy atom. The van der Waals surface area contributed by atoms with E-state index in [-0.39, 0.29) is 0 Å². The number of hydrogen-bond donors (Lipinski definition) is 0. The van der Waals surface area contributed by atoms with Crippen molar-refractivity contribution in [3.05, 3.63) is 29.2 Å². The van der Waals surface area contributed by atoms with Crippen molar-refractivity contribution >= 4 is 5.65 Å². The molecule has 3 nitrogen and oxygen atoms in total. The van der Waals surface area contributed by atoms with Gasteiger partial charge < -0.3 is 8.97 Å². The zero-order valence-corrected chi connectivity index (χ0v) is 8.00. The Hall–Kier alpha value is -1.69. The van der Waals surface area contributed by atoms with Gasteiger partial charge in [0.05, 0.1) is 5.56 Å². The standard InChI is InChI=1S/C10H11N3/c1-7-8(2)13-5-4-9(6-11)10(13)12(7)3/h4-5H,1-3H3. The third-order valence-electron chi connectivity index (χ3n) is 2.69. The summed E-state index contributed by atoms with van der Waals surface area (Å²) in [6.07, 6.45) is 1.94. The number of imidazole rings is 1. The molecule has 13 heavy (non-hydrogen) atoms. The number of aromatic nitrogens is 2. The second-order valence-electron chi connectivity index (χ2n) is 3.26. The molecule has 0 N–H and O–H groups in total. The summed E-state index contributed by atoms with van der Waals surface area (Å²) in [6, 6.07) is 4.04. The van der Waals surface area contributed by atoms with E-state index in [0.29, 0.717) is 0 Å². The number of hydrogen-bond acceptors (Lipinski definition) is 1. The van der Waals surface area contributed by atoms with Gasteiger partial charge in [0.1, 0.15) is 11.7 Å². The Bertz CT molecular complexity index is 508. The van der Waals surface area contributed by atoms with Gasteiger partial charge in [0.2, 0.25) is 0 Å². The Morgan fingerprint density at radius 2 is 2.00 bits per heavy atom. The molecule has 0 unspecified atom stereocenters. The molecule has 66 valence electrons. The van der Waals surface area contributed by atoms with Crippen LogP contribution in [0.15, 0.2) is 12.3 Å². The fourth-order valence-electron chi connectivity index (χ4n) is 1.70. The van der Waals surface area contributed by atoms with Crippen LogP contribution in [0, 0.1) is 25.2 Å². The quantitative estimate of drug-likeness (QED) is 0.597. The molecule has 0 aliphatic heterocycles. The van der Waals surface area contributed by atoms with Crippen LogP contribution in [0.2, 0.25) is 0 Å². The van der Waals surface area contributed by atoms with Crippen LogP contribution in [-0.2, 0) is 7.05 Å². The number of aryl methyl sites for hydroxylation is 2. The van der Waals surface area contributed by atoms with Gasteiger partial charge in [-0.05, 0) is 19.9 Å². The molecule has 2 aromatic rings. The molecule has 0 bridgehead atoms. The maximum Gasteiger partial charge on any atom is 0.135 e. The highest BCUT2D eigenvalue weighted by atomic mass is 15.1. The molecule has 2 heterocycles. The summed E-state index contributed by atoms with van der Waals surface area (Å²) in [5.41, 5.74) is 4.11. The minimum atomic E-state index is 0.735. The van der Waals surface area contributed by atoms with E-state index >= 15 is 0 Å². The Morgan fingerprint density at radius 1 is 1.31 bits per heavy atom. The van der Waals surface area contributed by atoms with Crippen LogP contribution in [0.1, 0.15) is 17.0 Å². The zero-order chi connectivity index (χ0) is 9.59. The minimum absolute atomic E-state index is 0.735. The predicted molar refractivity (Wildman–Crippen MR) is 50.6 cm³/mol. The molecule has 0 saturated carbocycles. The Labute approximate surface area is 76.8 Å². The summed E-state index contributed by atoms with van der Waals surface area (Å²) >= 11 is 0. The number of nitrogens with zero attached hydrogens (tertiary/aromatic N) is 3. The normalized spacial score (nSPS) is 10.6. The van der Waals surface area contributed by atoms with Gasteiger partial charge in [-0.15, -0.1) is 0 Å². The Kier molecular flexibility index (Phi) is 1.46. The van der Waals surface area contributed by atoms with Gasteiger partial charge in [-0.1, -0.05) is 0 Å². The van der Waals surface area contributed by atoms with Crippen molar-refractivity contribution in [3.63, 3.8) is 0 Å². The van der Waals surface area contributed by atoms with Crippen LogP contribution in [0.5, 0.6) is 0 Å². The van der Waals surface area contributed by atoms with Gasteiger partial charge in [-0.25, -0.2) is 0 Å². The summed E-state index contributed by atoms with van der Waals surface area (Å²) in [4.78, 5) is 0. The van der Waals surface area contributed by atoms with E-state index in [1.54, 1.807) is 0 Å². The second kappa shape index (κ2) is 2.40. The summed E-state index contributed by atoms with van der Waals surface area (Å²) in [7, 11) is 1.98. The van der Waals surface area contributed by atoms with E-state index < -0.39 is 0 Å². The van der Waals surface area contributed by atoms with E-state index in [2.05, 4.69) is 19.9 Å². The van der Waals surface area contributed by atoms with Crippen LogP contribution < -0.4 is 0 Å². The molecule has 0 saturated heterocycles. The summed E-state index contributed by atoms with van der Waals surface area (Å²) in [5.74, 6) is 0. The first-order chi connectivity index (χ1) is 6.16. The second-order valence-corrected chi connectivity index (χ2v) is 3.26. The lowest BCUT2D eigenvalue weighted by molar-refractivity contribution is 0.908. The molecule has 0 aliphatic rings. The van der Waals surface area contributed by atoms with Gasteiger partial charge >= 0.3 is 0 Å². The van der Waals surface area contributed by atoms with Crippen LogP contribution in [0.25, 0.3) is 5.65 Å². The van der Waals surface area contributed by atoms with Crippen LogP contribution in [-0.4, -0.2) is 8.97 Å². The molecule has 0 atom stereocenters. The summed E-state index contributed by atoms with van der Waals surface area (Å²) in [6.45, 7) is 4.12. The lowest BCUT2D eigenvalue weighted by Gasteiger charge is -1.95. The Balaban J connectivity index is 2.99. The molecule has 0 radical (unpaired) electrons. The first-order valence-electron chi connectivity index (χ1n) is 4.20. The predicted octanol–water partition coefficient (Wildman–Crippen LogP) is 1.77. The third kappa shape index (κ3) is 0.829. The highest BCUT2D eigenvalue weighted by molar-refractivity contribution is 5.59. The SMILES string of the molecule is Cc1c(C)n2ccc(C#N)c2n1C. The number of fused-ring (bicyclic) bond motifs is 1.